The average Bonchev–Trinajstić information content (AvgIpc) is 2.23. The van der Waals surface area contributed by atoms with E-state index in [1.807, 2.05) is 19.3 Å². The Labute approximate surface area is 91.3 Å². The topological polar surface area (TPSA) is 37.8 Å². The van der Waals surface area contributed by atoms with Crippen LogP contribution in [0.2, 0.25) is 0 Å². The number of aromatic nitrogens is 2. The van der Waals surface area contributed by atoms with E-state index in [0.717, 1.165) is 24.5 Å². The van der Waals surface area contributed by atoms with Gasteiger partial charge in [0.25, 0.3) is 0 Å². The molecule has 0 unspecified atom stereocenters. The standard InChI is InChI=1S/C12H19N3/c1-3-10-5-8-14-11(15-10)12(9-13-2)6-4-7-12/h5,8,13H,3-4,6-7,9H2,1-2H3. The van der Waals surface area contributed by atoms with Gasteiger partial charge in [0.1, 0.15) is 5.82 Å². The first kappa shape index (κ1) is 10.6. The maximum Gasteiger partial charge on any atom is 0.135 e. The first-order chi connectivity index (χ1) is 7.30. The van der Waals surface area contributed by atoms with Crippen LogP contribution in [0.1, 0.15) is 37.7 Å². The van der Waals surface area contributed by atoms with Crippen LogP contribution in [-0.2, 0) is 11.8 Å². The van der Waals surface area contributed by atoms with Gasteiger partial charge in [0.15, 0.2) is 0 Å². The summed E-state index contributed by atoms with van der Waals surface area (Å²) in [7, 11) is 2.00. The van der Waals surface area contributed by atoms with Gasteiger partial charge in [-0.05, 0) is 32.4 Å². The fraction of sp³-hybridized carbons (Fsp3) is 0.667. The molecule has 0 aliphatic heterocycles. The molecule has 2 rings (SSSR count). The highest BCUT2D eigenvalue weighted by molar-refractivity contribution is 5.16. The molecule has 1 aliphatic rings. The normalized spacial score (nSPS) is 18.5. The zero-order valence-corrected chi connectivity index (χ0v) is 9.58. The van der Waals surface area contributed by atoms with Gasteiger partial charge < -0.3 is 5.32 Å². The summed E-state index contributed by atoms with van der Waals surface area (Å²) in [6.07, 6.45) is 6.64. The van der Waals surface area contributed by atoms with Gasteiger partial charge in [0.2, 0.25) is 0 Å². The van der Waals surface area contributed by atoms with Gasteiger partial charge in [-0.3, -0.25) is 0 Å². The molecule has 1 aliphatic carbocycles. The number of nitrogens with one attached hydrogen (secondary N) is 1. The molecule has 1 fully saturated rings. The molecule has 0 bridgehead atoms. The summed E-state index contributed by atoms with van der Waals surface area (Å²) in [5.74, 6) is 1.04. The molecule has 3 nitrogen and oxygen atoms in total. The predicted molar refractivity (Wildman–Crippen MR) is 60.9 cm³/mol. The smallest absolute Gasteiger partial charge is 0.135 e. The molecular formula is C12H19N3. The Hall–Kier alpha value is -0.960. The third-order valence-corrected chi connectivity index (χ3v) is 3.38. The van der Waals surface area contributed by atoms with Crippen LogP contribution in [0.15, 0.2) is 12.3 Å². The minimum absolute atomic E-state index is 0.222. The second kappa shape index (κ2) is 4.27. The SMILES string of the molecule is CCc1ccnc(C2(CNC)CCC2)n1. The van der Waals surface area contributed by atoms with E-state index in [1.54, 1.807) is 0 Å². The summed E-state index contributed by atoms with van der Waals surface area (Å²) < 4.78 is 0. The van der Waals surface area contributed by atoms with Crippen molar-refractivity contribution in [3.05, 3.63) is 23.8 Å². The summed E-state index contributed by atoms with van der Waals surface area (Å²) in [6, 6.07) is 2.01. The lowest BCUT2D eigenvalue weighted by Crippen LogP contribution is -2.44. The Morgan fingerprint density at radius 1 is 1.47 bits per heavy atom. The van der Waals surface area contributed by atoms with Crippen molar-refractivity contribution in [2.75, 3.05) is 13.6 Å². The van der Waals surface area contributed by atoms with E-state index < -0.39 is 0 Å². The zero-order chi connectivity index (χ0) is 10.7. The lowest BCUT2D eigenvalue weighted by molar-refractivity contribution is 0.224. The largest absolute Gasteiger partial charge is 0.319 e. The van der Waals surface area contributed by atoms with Crippen LogP contribution in [0.3, 0.4) is 0 Å². The molecule has 0 aromatic carbocycles. The molecule has 0 radical (unpaired) electrons. The molecule has 0 spiro atoms. The van der Waals surface area contributed by atoms with Crippen molar-refractivity contribution < 1.29 is 0 Å². The van der Waals surface area contributed by atoms with Crippen molar-refractivity contribution in [3.8, 4) is 0 Å². The van der Waals surface area contributed by atoms with Crippen molar-refractivity contribution in [1.82, 2.24) is 15.3 Å². The van der Waals surface area contributed by atoms with Gasteiger partial charge in [0, 0.05) is 23.9 Å². The summed E-state index contributed by atoms with van der Waals surface area (Å²) in [6.45, 7) is 3.14. The minimum atomic E-state index is 0.222. The van der Waals surface area contributed by atoms with E-state index in [-0.39, 0.29) is 5.41 Å². The Balaban J connectivity index is 2.26. The number of hydrogen-bond donors (Lipinski definition) is 1. The molecular weight excluding hydrogens is 186 g/mol. The lowest BCUT2D eigenvalue weighted by Gasteiger charge is -2.40. The number of nitrogens with zero attached hydrogens (tertiary/aromatic N) is 2. The molecule has 1 heterocycles. The third kappa shape index (κ3) is 1.88. The van der Waals surface area contributed by atoms with E-state index in [9.17, 15) is 0 Å². The lowest BCUT2D eigenvalue weighted by atomic mass is 9.68. The van der Waals surface area contributed by atoms with Crippen LogP contribution in [-0.4, -0.2) is 23.6 Å². The van der Waals surface area contributed by atoms with Crippen LogP contribution in [0, 0.1) is 0 Å². The fourth-order valence-corrected chi connectivity index (χ4v) is 2.27. The van der Waals surface area contributed by atoms with E-state index in [4.69, 9.17) is 0 Å². The Bertz CT molecular complexity index is 331. The maximum atomic E-state index is 4.65. The monoisotopic (exact) mass is 205 g/mol. The Kier molecular flexibility index (Phi) is 3.00. The second-order valence-electron chi connectivity index (χ2n) is 4.39. The highest BCUT2D eigenvalue weighted by atomic mass is 14.9. The Morgan fingerprint density at radius 3 is 2.80 bits per heavy atom. The van der Waals surface area contributed by atoms with Crippen molar-refractivity contribution >= 4 is 0 Å². The zero-order valence-electron chi connectivity index (χ0n) is 9.58. The summed E-state index contributed by atoms with van der Waals surface area (Å²) >= 11 is 0. The van der Waals surface area contributed by atoms with E-state index >= 15 is 0 Å². The van der Waals surface area contributed by atoms with Gasteiger partial charge >= 0.3 is 0 Å². The summed E-state index contributed by atoms with van der Waals surface area (Å²) in [5.41, 5.74) is 1.38. The molecule has 3 heteroatoms. The van der Waals surface area contributed by atoms with Gasteiger partial charge in [-0.15, -0.1) is 0 Å². The van der Waals surface area contributed by atoms with Crippen LogP contribution in [0.25, 0.3) is 0 Å². The average molecular weight is 205 g/mol. The molecule has 1 saturated carbocycles. The van der Waals surface area contributed by atoms with Crippen LogP contribution >= 0.6 is 0 Å². The Morgan fingerprint density at radius 2 is 2.27 bits per heavy atom. The van der Waals surface area contributed by atoms with Gasteiger partial charge in [0.05, 0.1) is 0 Å². The highest BCUT2D eigenvalue weighted by Crippen LogP contribution is 2.41. The summed E-state index contributed by atoms with van der Waals surface area (Å²) in [5, 5.41) is 3.27. The molecule has 15 heavy (non-hydrogen) atoms. The number of hydrogen-bond acceptors (Lipinski definition) is 3. The van der Waals surface area contributed by atoms with Crippen molar-refractivity contribution in [2.24, 2.45) is 0 Å². The molecule has 0 atom stereocenters. The third-order valence-electron chi connectivity index (χ3n) is 3.38. The molecule has 0 amide bonds. The van der Waals surface area contributed by atoms with Crippen LogP contribution in [0.5, 0.6) is 0 Å². The molecule has 0 saturated heterocycles. The van der Waals surface area contributed by atoms with Gasteiger partial charge in [-0.2, -0.15) is 0 Å². The van der Waals surface area contributed by atoms with Crippen LogP contribution < -0.4 is 5.32 Å². The van der Waals surface area contributed by atoms with Gasteiger partial charge in [-0.1, -0.05) is 13.3 Å². The van der Waals surface area contributed by atoms with Gasteiger partial charge in [-0.25, -0.2) is 9.97 Å². The molecule has 1 aromatic heterocycles. The number of rotatable bonds is 4. The van der Waals surface area contributed by atoms with E-state index in [1.165, 1.54) is 19.3 Å². The quantitative estimate of drug-likeness (QED) is 0.812. The highest BCUT2D eigenvalue weighted by Gasteiger charge is 2.40. The fourth-order valence-electron chi connectivity index (χ4n) is 2.27. The maximum absolute atomic E-state index is 4.65. The van der Waals surface area contributed by atoms with Crippen molar-refractivity contribution in [1.29, 1.82) is 0 Å². The minimum Gasteiger partial charge on any atom is -0.319 e. The van der Waals surface area contributed by atoms with Crippen molar-refractivity contribution in [2.45, 2.75) is 38.0 Å². The molecule has 1 aromatic rings. The molecule has 1 N–H and O–H groups in total. The second-order valence-corrected chi connectivity index (χ2v) is 4.39. The molecule has 82 valence electrons. The number of likely N-dealkylation sites (N-methyl/N-ethyl adjacent to an activating group) is 1. The van der Waals surface area contributed by atoms with Crippen molar-refractivity contribution in [3.63, 3.8) is 0 Å². The first-order valence-corrected chi connectivity index (χ1v) is 5.78. The van der Waals surface area contributed by atoms with E-state index in [2.05, 4.69) is 22.2 Å². The predicted octanol–water partition coefficient (Wildman–Crippen LogP) is 1.68. The number of aryl methyl sites for hydroxylation is 1. The van der Waals surface area contributed by atoms with Crippen LogP contribution in [0.4, 0.5) is 0 Å². The summed E-state index contributed by atoms with van der Waals surface area (Å²) in [4.78, 5) is 9.10. The van der Waals surface area contributed by atoms with E-state index in [0.29, 0.717) is 0 Å². The first-order valence-electron chi connectivity index (χ1n) is 5.78.